The number of nitriles is 1. The van der Waals surface area contributed by atoms with Crippen LogP contribution in [0.3, 0.4) is 0 Å². The van der Waals surface area contributed by atoms with Crippen molar-refractivity contribution < 1.29 is 8.42 Å². The van der Waals surface area contributed by atoms with Crippen LogP contribution in [0, 0.1) is 11.3 Å². The predicted octanol–water partition coefficient (Wildman–Crippen LogP) is 1.19. The van der Waals surface area contributed by atoms with Gasteiger partial charge in [-0.25, -0.2) is 8.42 Å². The SMILES string of the molecule is CC1CNCCN1S(=O)(=O)c1ccc(C#N)c(Cl)c1. The van der Waals surface area contributed by atoms with Crippen LogP contribution in [-0.4, -0.2) is 38.4 Å². The van der Waals surface area contributed by atoms with E-state index in [1.807, 2.05) is 13.0 Å². The molecule has 1 aromatic carbocycles. The number of rotatable bonds is 2. The van der Waals surface area contributed by atoms with Gasteiger partial charge in [0.05, 0.1) is 15.5 Å². The van der Waals surface area contributed by atoms with E-state index >= 15 is 0 Å². The molecular formula is C12H14ClN3O2S. The third kappa shape index (κ3) is 2.74. The average Bonchev–Trinajstić information content (AvgIpc) is 2.39. The Balaban J connectivity index is 2.39. The van der Waals surface area contributed by atoms with E-state index in [1.54, 1.807) is 0 Å². The molecule has 2 rings (SSSR count). The van der Waals surface area contributed by atoms with E-state index in [-0.39, 0.29) is 21.5 Å². The van der Waals surface area contributed by atoms with E-state index in [0.717, 1.165) is 0 Å². The van der Waals surface area contributed by atoms with E-state index in [0.29, 0.717) is 19.6 Å². The van der Waals surface area contributed by atoms with Crippen molar-refractivity contribution in [2.75, 3.05) is 19.6 Å². The fourth-order valence-corrected chi connectivity index (χ4v) is 4.01. The molecule has 1 atom stereocenters. The van der Waals surface area contributed by atoms with Crippen LogP contribution in [0.15, 0.2) is 23.1 Å². The Labute approximate surface area is 117 Å². The summed E-state index contributed by atoms with van der Waals surface area (Å²) in [6.07, 6.45) is 0. The van der Waals surface area contributed by atoms with Gasteiger partial charge >= 0.3 is 0 Å². The molecule has 1 saturated heterocycles. The van der Waals surface area contributed by atoms with Crippen LogP contribution < -0.4 is 5.32 Å². The highest BCUT2D eigenvalue weighted by atomic mass is 35.5. The van der Waals surface area contributed by atoms with Gasteiger partial charge in [-0.3, -0.25) is 0 Å². The van der Waals surface area contributed by atoms with E-state index in [4.69, 9.17) is 16.9 Å². The van der Waals surface area contributed by atoms with Crippen LogP contribution in [0.4, 0.5) is 0 Å². The van der Waals surface area contributed by atoms with Crippen molar-refractivity contribution in [3.8, 4) is 6.07 Å². The molecule has 1 N–H and O–H groups in total. The zero-order valence-corrected chi connectivity index (χ0v) is 12.0. The molecule has 1 aliphatic rings. The van der Waals surface area contributed by atoms with Gasteiger partial charge < -0.3 is 5.32 Å². The second kappa shape index (κ2) is 5.47. The number of piperazine rings is 1. The molecule has 1 fully saturated rings. The topological polar surface area (TPSA) is 73.2 Å². The second-order valence-electron chi connectivity index (χ2n) is 4.42. The molecule has 1 unspecified atom stereocenters. The standard InChI is InChI=1S/C12H14ClN3O2S/c1-9-8-15-4-5-16(9)19(17,18)11-3-2-10(7-14)12(13)6-11/h2-3,6,9,15H,4-5,8H2,1H3. The third-order valence-electron chi connectivity index (χ3n) is 3.11. The summed E-state index contributed by atoms with van der Waals surface area (Å²) in [7, 11) is -3.56. The summed E-state index contributed by atoms with van der Waals surface area (Å²) in [6, 6.07) is 6.00. The second-order valence-corrected chi connectivity index (χ2v) is 6.72. The molecule has 1 aliphatic heterocycles. The summed E-state index contributed by atoms with van der Waals surface area (Å²) in [5, 5.41) is 12.1. The highest BCUT2D eigenvalue weighted by molar-refractivity contribution is 7.89. The Morgan fingerprint density at radius 1 is 1.53 bits per heavy atom. The highest BCUT2D eigenvalue weighted by Crippen LogP contribution is 2.24. The predicted molar refractivity (Wildman–Crippen MR) is 72.4 cm³/mol. The summed E-state index contributed by atoms with van der Waals surface area (Å²) in [6.45, 7) is 3.55. The fraction of sp³-hybridized carbons (Fsp3) is 0.417. The lowest BCUT2D eigenvalue weighted by atomic mass is 10.2. The Morgan fingerprint density at radius 2 is 2.26 bits per heavy atom. The number of hydrogen-bond donors (Lipinski definition) is 1. The van der Waals surface area contributed by atoms with Crippen LogP contribution in [0.1, 0.15) is 12.5 Å². The molecule has 0 radical (unpaired) electrons. The summed E-state index contributed by atoms with van der Waals surface area (Å²) in [5.41, 5.74) is 0.272. The normalized spacial score (nSPS) is 21.0. The van der Waals surface area contributed by atoms with Crippen molar-refractivity contribution in [2.24, 2.45) is 0 Å². The molecule has 7 heteroatoms. The van der Waals surface area contributed by atoms with Gasteiger partial charge in [0, 0.05) is 25.7 Å². The van der Waals surface area contributed by atoms with Crippen molar-refractivity contribution in [3.05, 3.63) is 28.8 Å². The van der Waals surface area contributed by atoms with Gasteiger partial charge in [0.1, 0.15) is 6.07 Å². The minimum Gasteiger partial charge on any atom is -0.314 e. The maximum Gasteiger partial charge on any atom is 0.243 e. The maximum absolute atomic E-state index is 12.5. The Hall–Kier alpha value is -1.13. The van der Waals surface area contributed by atoms with Crippen LogP contribution in [0.2, 0.25) is 5.02 Å². The molecule has 0 aliphatic carbocycles. The van der Waals surface area contributed by atoms with E-state index < -0.39 is 10.0 Å². The molecule has 5 nitrogen and oxygen atoms in total. The van der Waals surface area contributed by atoms with Gasteiger partial charge in [-0.05, 0) is 25.1 Å². The van der Waals surface area contributed by atoms with Gasteiger partial charge in [0.15, 0.2) is 0 Å². The van der Waals surface area contributed by atoms with Gasteiger partial charge in [0.2, 0.25) is 10.0 Å². The number of halogens is 1. The zero-order valence-electron chi connectivity index (χ0n) is 10.4. The third-order valence-corrected chi connectivity index (χ3v) is 5.43. The van der Waals surface area contributed by atoms with Gasteiger partial charge in [-0.15, -0.1) is 0 Å². The summed E-state index contributed by atoms with van der Waals surface area (Å²) >= 11 is 5.89. The lowest BCUT2D eigenvalue weighted by molar-refractivity contribution is 0.284. The zero-order chi connectivity index (χ0) is 14.0. The molecule has 0 amide bonds. The minimum atomic E-state index is -3.56. The van der Waals surface area contributed by atoms with Crippen molar-refractivity contribution >= 4 is 21.6 Å². The molecule has 0 spiro atoms. The highest BCUT2D eigenvalue weighted by Gasteiger charge is 2.31. The molecule has 1 heterocycles. The quantitative estimate of drug-likeness (QED) is 0.890. The molecule has 19 heavy (non-hydrogen) atoms. The van der Waals surface area contributed by atoms with Crippen molar-refractivity contribution in [3.63, 3.8) is 0 Å². The first kappa shape index (κ1) is 14.3. The van der Waals surface area contributed by atoms with E-state index in [1.165, 1.54) is 22.5 Å². The van der Waals surface area contributed by atoms with Gasteiger partial charge in [-0.1, -0.05) is 11.6 Å². The molecule has 0 aromatic heterocycles. The summed E-state index contributed by atoms with van der Waals surface area (Å²) in [5.74, 6) is 0. The fourth-order valence-electron chi connectivity index (χ4n) is 2.06. The van der Waals surface area contributed by atoms with E-state index in [2.05, 4.69) is 5.32 Å². The van der Waals surface area contributed by atoms with Crippen molar-refractivity contribution in [1.29, 1.82) is 5.26 Å². The van der Waals surface area contributed by atoms with Gasteiger partial charge in [-0.2, -0.15) is 9.57 Å². The summed E-state index contributed by atoms with van der Waals surface area (Å²) < 4.78 is 26.5. The molecular weight excluding hydrogens is 286 g/mol. The first-order valence-electron chi connectivity index (χ1n) is 5.89. The van der Waals surface area contributed by atoms with E-state index in [9.17, 15) is 8.42 Å². The molecule has 0 bridgehead atoms. The van der Waals surface area contributed by atoms with Crippen LogP contribution in [0.5, 0.6) is 0 Å². The smallest absolute Gasteiger partial charge is 0.243 e. The van der Waals surface area contributed by atoms with Crippen molar-refractivity contribution in [2.45, 2.75) is 17.9 Å². The first-order valence-corrected chi connectivity index (χ1v) is 7.71. The maximum atomic E-state index is 12.5. The van der Waals surface area contributed by atoms with Crippen molar-refractivity contribution in [1.82, 2.24) is 9.62 Å². The largest absolute Gasteiger partial charge is 0.314 e. The van der Waals surface area contributed by atoms with Crippen LogP contribution >= 0.6 is 11.6 Å². The number of benzene rings is 1. The number of nitrogens with one attached hydrogen (secondary N) is 1. The molecule has 102 valence electrons. The molecule has 1 aromatic rings. The van der Waals surface area contributed by atoms with Crippen LogP contribution in [-0.2, 0) is 10.0 Å². The first-order chi connectivity index (χ1) is 8.96. The number of sulfonamides is 1. The average molecular weight is 300 g/mol. The number of nitrogens with zero attached hydrogens (tertiary/aromatic N) is 2. The Bertz CT molecular complexity index is 624. The Kier molecular flexibility index (Phi) is 4.11. The Morgan fingerprint density at radius 3 is 2.84 bits per heavy atom. The summed E-state index contributed by atoms with van der Waals surface area (Å²) in [4.78, 5) is 0.130. The monoisotopic (exact) mass is 299 g/mol. The lowest BCUT2D eigenvalue weighted by Gasteiger charge is -2.32. The number of hydrogen-bond acceptors (Lipinski definition) is 4. The van der Waals surface area contributed by atoms with Gasteiger partial charge in [0.25, 0.3) is 0 Å². The lowest BCUT2D eigenvalue weighted by Crippen LogP contribution is -2.52. The van der Waals surface area contributed by atoms with Crippen LogP contribution in [0.25, 0.3) is 0 Å². The minimum absolute atomic E-state index is 0.104. The molecule has 0 saturated carbocycles.